The van der Waals surface area contributed by atoms with Crippen LogP contribution in [0.1, 0.15) is 40.5 Å². The number of rotatable bonds is 10. The Hall–Kier alpha value is -5.69. The number of nitrogens with one attached hydrogen (secondary N) is 3. The van der Waals surface area contributed by atoms with E-state index in [0.29, 0.717) is 18.5 Å². The van der Waals surface area contributed by atoms with Gasteiger partial charge in [-0.15, -0.1) is 0 Å². The number of hydrogen-bond acceptors (Lipinski definition) is 14. The number of nitrogen functional groups attached to an aromatic ring is 1. The van der Waals surface area contributed by atoms with Crippen molar-refractivity contribution < 1.29 is 40.3 Å². The molecule has 0 spiro atoms. The van der Waals surface area contributed by atoms with E-state index in [0.717, 1.165) is 12.1 Å². The average Bonchev–Trinajstić information content (AvgIpc) is 3.04. The van der Waals surface area contributed by atoms with E-state index in [2.05, 4.69) is 30.9 Å². The van der Waals surface area contributed by atoms with E-state index in [-0.39, 0.29) is 58.3 Å². The number of aromatic nitrogens is 3. The number of ether oxygens (including phenoxy) is 1. The molecule has 6 rings (SSSR count). The Morgan fingerprint density at radius 2 is 1.35 bits per heavy atom. The number of allylic oxidation sites excluding steroid dienone is 4. The van der Waals surface area contributed by atoms with Gasteiger partial charge < -0.3 is 26.4 Å². The summed E-state index contributed by atoms with van der Waals surface area (Å²) in [5.74, 6) is -1.44. The number of para-hydroxylation sites is 1. The molecule has 252 valence electrons. The smallest absolute Gasteiger partial charge is 0.323 e. The van der Waals surface area contributed by atoms with Crippen molar-refractivity contribution >= 4 is 72.1 Å². The summed E-state index contributed by atoms with van der Waals surface area (Å²) in [5, 5.41) is 8.48. The molecule has 2 aliphatic rings. The first-order valence-electron chi connectivity index (χ1n) is 14.5. The third kappa shape index (κ3) is 6.70. The first-order valence-corrected chi connectivity index (χ1v) is 17.4. The van der Waals surface area contributed by atoms with E-state index in [1.54, 1.807) is 43.3 Å². The molecular formula is C31H27N7O9S2. The van der Waals surface area contributed by atoms with Gasteiger partial charge in [0.1, 0.15) is 9.79 Å². The number of anilines is 7. The van der Waals surface area contributed by atoms with Crippen molar-refractivity contribution in [3.05, 3.63) is 89.0 Å². The maximum absolute atomic E-state index is 13.7. The van der Waals surface area contributed by atoms with Gasteiger partial charge in [-0.05, 0) is 56.2 Å². The number of ketones is 2. The highest BCUT2D eigenvalue weighted by molar-refractivity contribution is 7.86. The van der Waals surface area contributed by atoms with E-state index >= 15 is 0 Å². The molecular weight excluding hydrogens is 679 g/mol. The maximum atomic E-state index is 13.7. The first kappa shape index (κ1) is 33.2. The molecule has 49 heavy (non-hydrogen) atoms. The average molecular weight is 706 g/mol. The molecule has 18 heteroatoms. The minimum Gasteiger partial charge on any atom is -0.464 e. The summed E-state index contributed by atoms with van der Waals surface area (Å²) in [6.07, 6.45) is 4.10. The molecule has 0 saturated heterocycles. The predicted octanol–water partition coefficient (Wildman–Crippen LogP) is 4.60. The van der Waals surface area contributed by atoms with Gasteiger partial charge in [0.05, 0.1) is 34.8 Å². The minimum absolute atomic E-state index is 0.0610. The second-order valence-electron chi connectivity index (χ2n) is 10.7. The highest BCUT2D eigenvalue weighted by Crippen LogP contribution is 2.43. The van der Waals surface area contributed by atoms with E-state index in [4.69, 9.17) is 10.5 Å². The lowest BCUT2D eigenvalue weighted by molar-refractivity contribution is 0.0972. The van der Waals surface area contributed by atoms with E-state index in [1.807, 2.05) is 6.07 Å². The molecule has 3 aromatic carbocycles. The predicted molar refractivity (Wildman–Crippen MR) is 178 cm³/mol. The lowest BCUT2D eigenvalue weighted by Gasteiger charge is -2.26. The van der Waals surface area contributed by atoms with Gasteiger partial charge in [-0.2, -0.15) is 31.8 Å². The van der Waals surface area contributed by atoms with Gasteiger partial charge in [0, 0.05) is 22.5 Å². The van der Waals surface area contributed by atoms with Crippen LogP contribution in [0.2, 0.25) is 0 Å². The van der Waals surface area contributed by atoms with Gasteiger partial charge in [-0.1, -0.05) is 30.4 Å². The number of Topliss-reactive ketones (excluding diaryl/α,β-unsaturated/α-hetero) is 2. The van der Waals surface area contributed by atoms with Crippen LogP contribution in [0, 0.1) is 0 Å². The zero-order valence-corrected chi connectivity index (χ0v) is 27.1. The van der Waals surface area contributed by atoms with Gasteiger partial charge in [-0.3, -0.25) is 18.7 Å². The van der Waals surface area contributed by atoms with E-state index in [1.165, 1.54) is 12.1 Å². The minimum atomic E-state index is -5.00. The molecule has 0 atom stereocenters. The summed E-state index contributed by atoms with van der Waals surface area (Å²) < 4.78 is 75.3. The standard InChI is InChI=1S/C31H27N7O9S2/c1-2-47-31-37-29(34-16-8-4-3-5-9-16)36-30(38-31)35-20-13-12-17(14-22(20)48(41,42)43)33-21-15-23(49(44,45)46)26(32)25-24(21)27(39)18-10-6-7-11-19(18)28(25)40/h3-5,8-15,33H,2,6-7,32H2,1H3,(H,41,42,43)(H,44,45,46)(H2,34,35,36,37,38). The van der Waals surface area contributed by atoms with Crippen LogP contribution in [0.15, 0.2) is 87.7 Å². The normalized spacial score (nSPS) is 14.3. The van der Waals surface area contributed by atoms with Crippen LogP contribution in [-0.2, 0) is 20.2 Å². The molecule has 7 N–H and O–H groups in total. The fraction of sp³-hybridized carbons (Fsp3) is 0.129. The summed E-state index contributed by atoms with van der Waals surface area (Å²) in [5.41, 5.74) is 5.02. The Balaban J connectivity index is 1.42. The number of benzene rings is 3. The van der Waals surface area contributed by atoms with Crippen LogP contribution in [0.25, 0.3) is 0 Å². The molecule has 0 amide bonds. The molecule has 0 fully saturated rings. The molecule has 0 bridgehead atoms. The monoisotopic (exact) mass is 705 g/mol. The second-order valence-corrected chi connectivity index (χ2v) is 13.4. The summed E-state index contributed by atoms with van der Waals surface area (Å²) >= 11 is 0. The Labute approximate surface area is 279 Å². The topological polar surface area (TPSA) is 253 Å². The summed E-state index contributed by atoms with van der Waals surface area (Å²) in [6, 6.07) is 13.3. The number of fused-ring (bicyclic) bond motifs is 2. The van der Waals surface area contributed by atoms with Gasteiger partial charge in [0.25, 0.3) is 20.2 Å². The third-order valence-corrected chi connectivity index (χ3v) is 9.20. The molecule has 4 aromatic rings. The summed E-state index contributed by atoms with van der Waals surface area (Å²) in [4.78, 5) is 38.3. The molecule has 1 aromatic heterocycles. The quantitative estimate of drug-likeness (QED) is 0.0973. The van der Waals surface area contributed by atoms with Crippen LogP contribution in [0.3, 0.4) is 0 Å². The SMILES string of the molecule is CCOc1nc(Nc2ccccc2)nc(Nc2ccc(Nc3cc(S(=O)(=O)O)c(N)c4c3C(=O)C3=CCCC=C3C4=O)cc2S(=O)(=O)O)n1. The number of hydrogen-bond donors (Lipinski definition) is 6. The van der Waals surface area contributed by atoms with Crippen LogP contribution < -0.4 is 26.4 Å². The number of nitrogens with zero attached hydrogens (tertiary/aromatic N) is 3. The van der Waals surface area contributed by atoms with Crippen molar-refractivity contribution in [2.75, 3.05) is 28.3 Å². The Bertz CT molecular complexity index is 2330. The van der Waals surface area contributed by atoms with Gasteiger partial charge in [0.2, 0.25) is 11.9 Å². The van der Waals surface area contributed by atoms with Crippen molar-refractivity contribution in [1.29, 1.82) is 0 Å². The second kappa shape index (κ2) is 12.7. The molecule has 0 saturated carbocycles. The Morgan fingerprint density at radius 3 is 1.96 bits per heavy atom. The zero-order chi connectivity index (χ0) is 35.1. The lowest BCUT2D eigenvalue weighted by Crippen LogP contribution is -2.27. The van der Waals surface area contributed by atoms with E-state index in [9.17, 15) is 35.5 Å². The van der Waals surface area contributed by atoms with Crippen LogP contribution in [0.4, 0.5) is 40.3 Å². The van der Waals surface area contributed by atoms with E-state index < -0.39 is 52.8 Å². The van der Waals surface area contributed by atoms with Crippen LogP contribution in [-0.4, -0.2) is 59.1 Å². The molecule has 0 unspecified atom stereocenters. The van der Waals surface area contributed by atoms with Crippen molar-refractivity contribution in [1.82, 2.24) is 15.0 Å². The first-order chi connectivity index (χ1) is 23.2. The van der Waals surface area contributed by atoms with Gasteiger partial charge >= 0.3 is 6.01 Å². The van der Waals surface area contributed by atoms with Crippen molar-refractivity contribution in [3.8, 4) is 6.01 Å². The number of nitrogens with two attached hydrogens (primary N) is 1. The summed E-state index contributed by atoms with van der Waals surface area (Å²) in [7, 11) is -9.95. The van der Waals surface area contributed by atoms with Crippen LogP contribution in [0.5, 0.6) is 6.01 Å². The third-order valence-electron chi connectivity index (χ3n) is 7.41. The van der Waals surface area contributed by atoms with Crippen LogP contribution >= 0.6 is 0 Å². The maximum Gasteiger partial charge on any atom is 0.323 e. The highest BCUT2D eigenvalue weighted by atomic mass is 32.2. The number of carbonyl (C=O) groups is 2. The number of carbonyl (C=O) groups excluding carboxylic acids is 2. The van der Waals surface area contributed by atoms with Crippen molar-refractivity contribution in [3.63, 3.8) is 0 Å². The Morgan fingerprint density at radius 1 is 0.735 bits per heavy atom. The molecule has 2 aliphatic carbocycles. The molecule has 0 radical (unpaired) electrons. The lowest BCUT2D eigenvalue weighted by atomic mass is 9.78. The fourth-order valence-electron chi connectivity index (χ4n) is 5.34. The van der Waals surface area contributed by atoms with Crippen molar-refractivity contribution in [2.45, 2.75) is 29.6 Å². The van der Waals surface area contributed by atoms with Gasteiger partial charge in [-0.25, -0.2) is 0 Å². The van der Waals surface area contributed by atoms with Crippen molar-refractivity contribution in [2.24, 2.45) is 0 Å². The fourth-order valence-corrected chi connectivity index (χ4v) is 6.66. The molecule has 0 aliphatic heterocycles. The zero-order valence-electron chi connectivity index (χ0n) is 25.5. The Kier molecular flexibility index (Phi) is 8.63. The highest BCUT2D eigenvalue weighted by Gasteiger charge is 2.39. The summed E-state index contributed by atoms with van der Waals surface area (Å²) in [6.45, 7) is 1.92. The van der Waals surface area contributed by atoms with Gasteiger partial charge in [0.15, 0.2) is 11.6 Å². The largest absolute Gasteiger partial charge is 0.464 e. The molecule has 1 heterocycles. The molecule has 16 nitrogen and oxygen atoms in total.